The second-order valence-corrected chi connectivity index (χ2v) is 6.62. The minimum Gasteiger partial charge on any atom is -0.309 e. The van der Waals surface area contributed by atoms with Crippen LogP contribution in [0, 0.1) is 20.8 Å². The normalized spacial score (nSPS) is 20.9. The molecule has 1 aliphatic rings. The van der Waals surface area contributed by atoms with Crippen molar-refractivity contribution in [3.63, 3.8) is 0 Å². The van der Waals surface area contributed by atoms with E-state index >= 15 is 0 Å². The van der Waals surface area contributed by atoms with Crippen molar-refractivity contribution in [1.29, 1.82) is 0 Å². The highest BCUT2D eigenvalue weighted by atomic mass is 15.2. The molecule has 1 saturated heterocycles. The summed E-state index contributed by atoms with van der Waals surface area (Å²) in [6, 6.07) is 5.90. The molecule has 0 amide bonds. The molecular weight excluding hydrogens is 256 g/mol. The molecule has 2 rings (SSSR count). The van der Waals surface area contributed by atoms with Gasteiger partial charge >= 0.3 is 0 Å². The zero-order valence-corrected chi connectivity index (χ0v) is 14.5. The molecule has 1 heterocycles. The molecule has 1 N–H and O–H groups in total. The maximum atomic E-state index is 3.73. The molecule has 0 radical (unpaired) electrons. The lowest BCUT2D eigenvalue weighted by Crippen LogP contribution is -2.38. The highest BCUT2D eigenvalue weighted by Gasteiger charge is 2.26. The maximum absolute atomic E-state index is 3.73. The Balaban J connectivity index is 2.23. The van der Waals surface area contributed by atoms with Crippen LogP contribution < -0.4 is 5.32 Å². The van der Waals surface area contributed by atoms with Crippen LogP contribution in [0.5, 0.6) is 0 Å². The summed E-state index contributed by atoms with van der Waals surface area (Å²) in [5.41, 5.74) is 5.76. The second kappa shape index (κ2) is 7.42. The Labute approximate surface area is 130 Å². The minimum absolute atomic E-state index is 0.461. The van der Waals surface area contributed by atoms with Gasteiger partial charge in [-0.15, -0.1) is 0 Å². The third kappa shape index (κ3) is 3.87. The van der Waals surface area contributed by atoms with Gasteiger partial charge in [0.1, 0.15) is 0 Å². The summed E-state index contributed by atoms with van der Waals surface area (Å²) in [4.78, 5) is 2.70. The van der Waals surface area contributed by atoms with E-state index in [2.05, 4.69) is 57.0 Å². The summed E-state index contributed by atoms with van der Waals surface area (Å²) in [6.45, 7) is 14.7. The Hall–Kier alpha value is -0.860. The van der Waals surface area contributed by atoms with E-state index in [1.807, 2.05) is 0 Å². The van der Waals surface area contributed by atoms with Crippen LogP contribution in [0.1, 0.15) is 61.4 Å². The van der Waals surface area contributed by atoms with Gasteiger partial charge in [0, 0.05) is 18.6 Å². The molecule has 1 aliphatic heterocycles. The average molecular weight is 288 g/mol. The molecular formula is C19H32N2. The molecule has 0 aliphatic carbocycles. The van der Waals surface area contributed by atoms with Crippen molar-refractivity contribution in [3.8, 4) is 0 Å². The molecule has 2 unspecified atom stereocenters. The number of nitrogens with one attached hydrogen (secondary N) is 1. The lowest BCUT2D eigenvalue weighted by atomic mass is 9.93. The first kappa shape index (κ1) is 16.5. The largest absolute Gasteiger partial charge is 0.309 e. The van der Waals surface area contributed by atoms with Crippen molar-refractivity contribution in [3.05, 3.63) is 34.4 Å². The molecule has 1 aromatic carbocycles. The van der Waals surface area contributed by atoms with Gasteiger partial charge in [0.25, 0.3) is 0 Å². The molecule has 1 aromatic rings. The Morgan fingerprint density at radius 1 is 1.19 bits per heavy atom. The number of nitrogens with zero attached hydrogens (tertiary/aromatic N) is 1. The smallest absolute Gasteiger partial charge is 0.0454 e. The van der Waals surface area contributed by atoms with E-state index in [0.29, 0.717) is 6.04 Å². The highest BCUT2D eigenvalue weighted by molar-refractivity contribution is 5.40. The molecule has 0 aromatic heterocycles. The number of likely N-dealkylation sites (tertiary alicyclic amines) is 1. The summed E-state index contributed by atoms with van der Waals surface area (Å²) in [5, 5.41) is 3.73. The van der Waals surface area contributed by atoms with Gasteiger partial charge in [0.05, 0.1) is 0 Å². The van der Waals surface area contributed by atoms with Crippen LogP contribution in [0.25, 0.3) is 0 Å². The molecule has 0 saturated carbocycles. The first-order chi connectivity index (χ1) is 10.1. The zero-order valence-electron chi connectivity index (χ0n) is 14.5. The van der Waals surface area contributed by atoms with Crippen molar-refractivity contribution in [1.82, 2.24) is 10.2 Å². The maximum Gasteiger partial charge on any atom is 0.0454 e. The third-order valence-electron chi connectivity index (χ3n) is 4.92. The van der Waals surface area contributed by atoms with Crippen molar-refractivity contribution in [2.75, 3.05) is 19.6 Å². The quantitative estimate of drug-likeness (QED) is 0.846. The molecule has 1 fully saturated rings. The molecule has 0 bridgehead atoms. The van der Waals surface area contributed by atoms with Crippen LogP contribution in [0.15, 0.2) is 12.1 Å². The molecule has 2 nitrogen and oxygen atoms in total. The fraction of sp³-hybridized carbons (Fsp3) is 0.684. The number of likely N-dealkylation sites (N-methyl/N-ethyl adjacent to an activating group) is 1. The van der Waals surface area contributed by atoms with E-state index in [0.717, 1.165) is 19.1 Å². The first-order valence-corrected chi connectivity index (χ1v) is 8.62. The molecule has 2 heteroatoms. The predicted molar refractivity (Wildman–Crippen MR) is 92.0 cm³/mol. The van der Waals surface area contributed by atoms with Gasteiger partial charge in [-0.2, -0.15) is 0 Å². The fourth-order valence-electron chi connectivity index (χ4n) is 4.08. The van der Waals surface area contributed by atoms with Crippen molar-refractivity contribution in [2.24, 2.45) is 0 Å². The molecule has 0 spiro atoms. The van der Waals surface area contributed by atoms with Gasteiger partial charge in [0.2, 0.25) is 0 Å². The Bertz CT molecular complexity index is 444. The summed E-state index contributed by atoms with van der Waals surface area (Å²) in [7, 11) is 0. The molecule has 118 valence electrons. The van der Waals surface area contributed by atoms with Gasteiger partial charge in [0.15, 0.2) is 0 Å². The highest BCUT2D eigenvalue weighted by Crippen LogP contribution is 2.28. The molecule has 2 atom stereocenters. The lowest BCUT2D eigenvalue weighted by molar-refractivity contribution is 0.221. The van der Waals surface area contributed by atoms with Crippen molar-refractivity contribution >= 4 is 0 Å². The van der Waals surface area contributed by atoms with E-state index in [-0.39, 0.29) is 0 Å². The number of aryl methyl sites for hydroxylation is 3. The van der Waals surface area contributed by atoms with Gasteiger partial charge in [-0.05, 0) is 69.8 Å². The Morgan fingerprint density at radius 2 is 1.86 bits per heavy atom. The standard InChI is InChI=1S/C19H32N2/c1-6-17-9-8-10-21(17)13-18(20-7-2)19-15(4)11-14(3)12-16(19)5/h11-12,17-18,20H,6-10,13H2,1-5H3. The first-order valence-electron chi connectivity index (χ1n) is 8.62. The average Bonchev–Trinajstić information content (AvgIpc) is 2.85. The Kier molecular flexibility index (Phi) is 5.83. The monoisotopic (exact) mass is 288 g/mol. The van der Waals surface area contributed by atoms with Crippen LogP contribution in [0.2, 0.25) is 0 Å². The predicted octanol–water partition coefficient (Wildman–Crippen LogP) is 4.14. The van der Waals surface area contributed by atoms with E-state index in [9.17, 15) is 0 Å². The van der Waals surface area contributed by atoms with Gasteiger partial charge < -0.3 is 5.32 Å². The summed E-state index contributed by atoms with van der Waals surface area (Å²) in [6.07, 6.45) is 4.02. The summed E-state index contributed by atoms with van der Waals surface area (Å²) < 4.78 is 0. The number of hydrogen-bond donors (Lipinski definition) is 1. The number of benzene rings is 1. The summed E-state index contributed by atoms with van der Waals surface area (Å²) >= 11 is 0. The van der Waals surface area contributed by atoms with Crippen LogP contribution in [0.4, 0.5) is 0 Å². The van der Waals surface area contributed by atoms with Crippen LogP contribution in [-0.2, 0) is 0 Å². The zero-order chi connectivity index (χ0) is 15.4. The van der Waals surface area contributed by atoms with Gasteiger partial charge in [-0.25, -0.2) is 0 Å². The SMILES string of the molecule is CCNC(CN1CCCC1CC)c1c(C)cc(C)cc1C. The molecule has 21 heavy (non-hydrogen) atoms. The lowest BCUT2D eigenvalue weighted by Gasteiger charge is -2.31. The number of rotatable bonds is 6. The Morgan fingerprint density at radius 3 is 2.43 bits per heavy atom. The minimum atomic E-state index is 0.461. The topological polar surface area (TPSA) is 15.3 Å². The van der Waals surface area contributed by atoms with E-state index in [1.165, 1.54) is 48.1 Å². The van der Waals surface area contributed by atoms with Crippen LogP contribution in [-0.4, -0.2) is 30.6 Å². The van der Waals surface area contributed by atoms with Crippen LogP contribution in [0.3, 0.4) is 0 Å². The van der Waals surface area contributed by atoms with Crippen LogP contribution >= 0.6 is 0 Å². The van der Waals surface area contributed by atoms with E-state index in [1.54, 1.807) is 0 Å². The van der Waals surface area contributed by atoms with E-state index < -0.39 is 0 Å². The van der Waals surface area contributed by atoms with E-state index in [4.69, 9.17) is 0 Å². The second-order valence-electron chi connectivity index (χ2n) is 6.62. The fourth-order valence-corrected chi connectivity index (χ4v) is 4.08. The third-order valence-corrected chi connectivity index (χ3v) is 4.92. The van der Waals surface area contributed by atoms with Gasteiger partial charge in [-0.3, -0.25) is 4.90 Å². The summed E-state index contributed by atoms with van der Waals surface area (Å²) in [5.74, 6) is 0. The van der Waals surface area contributed by atoms with Crippen molar-refractivity contribution in [2.45, 2.75) is 66.0 Å². The van der Waals surface area contributed by atoms with Gasteiger partial charge in [-0.1, -0.05) is 31.5 Å². The van der Waals surface area contributed by atoms with Crippen molar-refractivity contribution < 1.29 is 0 Å². The number of hydrogen-bond acceptors (Lipinski definition) is 2.